The molecule has 0 bridgehead atoms. The molecule has 2 rings (SSSR count). The van der Waals surface area contributed by atoms with Crippen molar-refractivity contribution in [3.8, 4) is 0 Å². The Bertz CT molecular complexity index is 482. The monoisotopic (exact) mass is 303 g/mol. The Morgan fingerprint density at radius 1 is 1.18 bits per heavy atom. The SMILES string of the molecule is CCNC(=O)NC(=O)CN1CCC(Cc2ccccc2)CC1. The molecule has 120 valence electrons. The van der Waals surface area contributed by atoms with Crippen LogP contribution in [0.2, 0.25) is 0 Å². The van der Waals surface area contributed by atoms with Crippen molar-refractivity contribution in [1.29, 1.82) is 0 Å². The van der Waals surface area contributed by atoms with Gasteiger partial charge in [0.25, 0.3) is 0 Å². The third-order valence-electron chi connectivity index (χ3n) is 4.03. The minimum absolute atomic E-state index is 0.229. The number of carbonyl (C=O) groups excluding carboxylic acids is 2. The highest BCUT2D eigenvalue weighted by molar-refractivity contribution is 5.95. The molecule has 1 heterocycles. The number of urea groups is 1. The normalized spacial score (nSPS) is 16.2. The highest BCUT2D eigenvalue weighted by atomic mass is 16.2. The summed E-state index contributed by atoms with van der Waals surface area (Å²) in [7, 11) is 0. The zero-order chi connectivity index (χ0) is 15.8. The van der Waals surface area contributed by atoms with Crippen LogP contribution < -0.4 is 10.6 Å². The number of likely N-dealkylation sites (tertiary alicyclic amines) is 1. The van der Waals surface area contributed by atoms with Crippen molar-refractivity contribution in [3.05, 3.63) is 35.9 Å². The standard InChI is InChI=1S/C17H25N3O2/c1-2-18-17(22)19-16(21)13-20-10-8-15(9-11-20)12-14-6-4-3-5-7-14/h3-7,15H,2,8-13H2,1H3,(H2,18,19,21,22). The van der Waals surface area contributed by atoms with Gasteiger partial charge in [0.1, 0.15) is 0 Å². The Hall–Kier alpha value is -1.88. The molecule has 1 aromatic rings. The van der Waals surface area contributed by atoms with Gasteiger partial charge in [0.05, 0.1) is 6.54 Å². The molecule has 0 spiro atoms. The van der Waals surface area contributed by atoms with Gasteiger partial charge in [-0.1, -0.05) is 30.3 Å². The lowest BCUT2D eigenvalue weighted by Gasteiger charge is -2.31. The van der Waals surface area contributed by atoms with E-state index in [9.17, 15) is 9.59 Å². The molecule has 1 aliphatic rings. The molecule has 0 aliphatic carbocycles. The smallest absolute Gasteiger partial charge is 0.321 e. The van der Waals surface area contributed by atoms with E-state index >= 15 is 0 Å². The third kappa shape index (κ3) is 5.48. The lowest BCUT2D eigenvalue weighted by atomic mass is 9.90. The first-order valence-electron chi connectivity index (χ1n) is 8.01. The van der Waals surface area contributed by atoms with E-state index in [1.165, 1.54) is 5.56 Å². The number of nitrogens with zero attached hydrogens (tertiary/aromatic N) is 1. The zero-order valence-electron chi connectivity index (χ0n) is 13.2. The van der Waals surface area contributed by atoms with E-state index in [0.717, 1.165) is 32.4 Å². The van der Waals surface area contributed by atoms with Crippen LogP contribution in [0.15, 0.2) is 30.3 Å². The molecule has 5 nitrogen and oxygen atoms in total. The summed E-state index contributed by atoms with van der Waals surface area (Å²) in [5.74, 6) is 0.456. The lowest BCUT2D eigenvalue weighted by Crippen LogP contribution is -2.46. The maximum Gasteiger partial charge on any atom is 0.321 e. The first-order chi connectivity index (χ1) is 10.7. The highest BCUT2D eigenvalue weighted by Gasteiger charge is 2.21. The molecule has 0 saturated carbocycles. The summed E-state index contributed by atoms with van der Waals surface area (Å²) in [4.78, 5) is 25.2. The second-order valence-electron chi connectivity index (χ2n) is 5.82. The van der Waals surface area contributed by atoms with Gasteiger partial charge in [-0.3, -0.25) is 15.0 Å². The summed E-state index contributed by atoms with van der Waals surface area (Å²) in [6.45, 7) is 4.47. The van der Waals surface area contributed by atoms with Gasteiger partial charge in [-0.2, -0.15) is 0 Å². The Morgan fingerprint density at radius 2 is 1.86 bits per heavy atom. The number of hydrogen-bond donors (Lipinski definition) is 2. The van der Waals surface area contributed by atoms with Gasteiger partial charge < -0.3 is 5.32 Å². The van der Waals surface area contributed by atoms with Crippen molar-refractivity contribution in [2.75, 3.05) is 26.2 Å². The van der Waals surface area contributed by atoms with Crippen molar-refractivity contribution in [2.24, 2.45) is 5.92 Å². The quantitative estimate of drug-likeness (QED) is 0.872. The number of rotatable bonds is 5. The van der Waals surface area contributed by atoms with Crippen molar-refractivity contribution < 1.29 is 9.59 Å². The van der Waals surface area contributed by atoms with Gasteiger partial charge >= 0.3 is 6.03 Å². The molecular weight excluding hydrogens is 278 g/mol. The summed E-state index contributed by atoms with van der Waals surface area (Å²) in [6, 6.07) is 10.1. The number of hydrogen-bond acceptors (Lipinski definition) is 3. The van der Waals surface area contributed by atoms with Crippen LogP contribution in [0.3, 0.4) is 0 Å². The van der Waals surface area contributed by atoms with Crippen LogP contribution in [0.25, 0.3) is 0 Å². The number of amides is 3. The van der Waals surface area contributed by atoms with Crippen LogP contribution in [0, 0.1) is 5.92 Å². The third-order valence-corrected chi connectivity index (χ3v) is 4.03. The molecule has 1 aromatic carbocycles. The number of nitrogens with one attached hydrogen (secondary N) is 2. The largest absolute Gasteiger partial charge is 0.338 e. The predicted octanol–water partition coefficient (Wildman–Crippen LogP) is 1.79. The van der Waals surface area contributed by atoms with Crippen molar-refractivity contribution in [2.45, 2.75) is 26.2 Å². The van der Waals surface area contributed by atoms with E-state index in [-0.39, 0.29) is 5.91 Å². The van der Waals surface area contributed by atoms with E-state index in [1.54, 1.807) is 0 Å². The maximum absolute atomic E-state index is 11.8. The fraction of sp³-hybridized carbons (Fsp3) is 0.529. The number of imide groups is 1. The van der Waals surface area contributed by atoms with E-state index < -0.39 is 6.03 Å². The summed E-state index contributed by atoms with van der Waals surface area (Å²) in [5.41, 5.74) is 1.38. The van der Waals surface area contributed by atoms with Crippen LogP contribution in [-0.4, -0.2) is 43.0 Å². The van der Waals surface area contributed by atoms with E-state index in [4.69, 9.17) is 0 Å². The molecule has 1 fully saturated rings. The van der Waals surface area contributed by atoms with Crippen molar-refractivity contribution >= 4 is 11.9 Å². The van der Waals surface area contributed by atoms with Crippen molar-refractivity contribution in [1.82, 2.24) is 15.5 Å². The van der Waals surface area contributed by atoms with Crippen LogP contribution in [0.4, 0.5) is 4.79 Å². The molecule has 1 saturated heterocycles. The molecule has 3 amide bonds. The van der Waals surface area contributed by atoms with Gasteiger partial charge in [-0.15, -0.1) is 0 Å². The fourth-order valence-corrected chi connectivity index (χ4v) is 2.87. The number of carbonyl (C=O) groups is 2. The minimum Gasteiger partial charge on any atom is -0.338 e. The Labute approximate surface area is 132 Å². The molecule has 1 aliphatic heterocycles. The number of benzene rings is 1. The van der Waals surface area contributed by atoms with Gasteiger partial charge in [-0.05, 0) is 50.8 Å². The highest BCUT2D eigenvalue weighted by Crippen LogP contribution is 2.21. The molecular formula is C17H25N3O2. The van der Waals surface area contributed by atoms with Gasteiger partial charge in [0.15, 0.2) is 0 Å². The summed E-state index contributed by atoms with van der Waals surface area (Å²) in [5, 5.41) is 4.91. The lowest BCUT2D eigenvalue weighted by molar-refractivity contribution is -0.121. The van der Waals surface area contributed by atoms with Crippen LogP contribution in [0.1, 0.15) is 25.3 Å². The second-order valence-corrected chi connectivity index (χ2v) is 5.82. The van der Waals surface area contributed by atoms with E-state index in [2.05, 4.69) is 39.8 Å². The molecule has 22 heavy (non-hydrogen) atoms. The topological polar surface area (TPSA) is 61.4 Å². The summed E-state index contributed by atoms with van der Waals surface area (Å²) in [6.07, 6.45) is 3.31. The maximum atomic E-state index is 11.8. The second kappa shape index (κ2) is 8.54. The average Bonchev–Trinajstić information content (AvgIpc) is 2.50. The molecule has 2 N–H and O–H groups in total. The molecule has 5 heteroatoms. The molecule has 0 aromatic heterocycles. The minimum atomic E-state index is -0.411. The molecule has 0 unspecified atom stereocenters. The van der Waals surface area contributed by atoms with Crippen LogP contribution in [-0.2, 0) is 11.2 Å². The van der Waals surface area contributed by atoms with Crippen LogP contribution in [0.5, 0.6) is 0 Å². The van der Waals surface area contributed by atoms with E-state index in [0.29, 0.717) is 19.0 Å². The Morgan fingerprint density at radius 3 is 2.50 bits per heavy atom. The average molecular weight is 303 g/mol. The Kier molecular flexibility index (Phi) is 6.40. The predicted molar refractivity (Wildman–Crippen MR) is 86.5 cm³/mol. The van der Waals surface area contributed by atoms with Gasteiger partial charge in [-0.25, -0.2) is 4.79 Å². The zero-order valence-corrected chi connectivity index (χ0v) is 13.2. The number of piperidine rings is 1. The van der Waals surface area contributed by atoms with Gasteiger partial charge in [0, 0.05) is 6.54 Å². The van der Waals surface area contributed by atoms with Crippen LogP contribution >= 0.6 is 0 Å². The first kappa shape index (κ1) is 16.5. The molecule has 0 atom stereocenters. The summed E-state index contributed by atoms with van der Waals surface area (Å²) < 4.78 is 0. The molecule has 0 radical (unpaired) electrons. The van der Waals surface area contributed by atoms with Crippen molar-refractivity contribution in [3.63, 3.8) is 0 Å². The fourth-order valence-electron chi connectivity index (χ4n) is 2.87. The van der Waals surface area contributed by atoms with E-state index in [1.807, 2.05) is 13.0 Å². The summed E-state index contributed by atoms with van der Waals surface area (Å²) >= 11 is 0. The van der Waals surface area contributed by atoms with Gasteiger partial charge in [0.2, 0.25) is 5.91 Å². The Balaban J connectivity index is 1.68. The first-order valence-corrected chi connectivity index (χ1v) is 8.01.